The number of hydrogen-bond donors (Lipinski definition) is 1. The lowest BCUT2D eigenvalue weighted by molar-refractivity contribution is 0.295. The van der Waals surface area contributed by atoms with E-state index in [0.29, 0.717) is 17.9 Å². The first-order valence-corrected chi connectivity index (χ1v) is 6.13. The Morgan fingerprint density at radius 2 is 2.11 bits per heavy atom. The highest BCUT2D eigenvalue weighted by Gasteiger charge is 2.12. The quantitative estimate of drug-likeness (QED) is 0.920. The van der Waals surface area contributed by atoms with E-state index in [1.807, 2.05) is 27.0 Å². The molecule has 1 aromatic carbocycles. The Morgan fingerprint density at radius 3 is 2.63 bits per heavy atom. The third kappa shape index (κ3) is 2.76. The van der Waals surface area contributed by atoms with Crippen molar-refractivity contribution in [2.24, 2.45) is 12.8 Å². The van der Waals surface area contributed by atoms with Crippen LogP contribution in [0.15, 0.2) is 18.2 Å². The van der Waals surface area contributed by atoms with Crippen molar-refractivity contribution in [1.82, 2.24) is 9.78 Å². The topological polar surface area (TPSA) is 53.1 Å². The van der Waals surface area contributed by atoms with E-state index in [1.54, 1.807) is 10.7 Å². The fourth-order valence-electron chi connectivity index (χ4n) is 1.95. The molecule has 0 bridgehead atoms. The van der Waals surface area contributed by atoms with Gasteiger partial charge in [0.2, 0.25) is 0 Å². The van der Waals surface area contributed by atoms with E-state index >= 15 is 0 Å². The number of hydrogen-bond acceptors (Lipinski definition) is 3. The molecule has 5 heteroatoms. The van der Waals surface area contributed by atoms with Gasteiger partial charge in [0.15, 0.2) is 5.75 Å². The molecule has 0 unspecified atom stereocenters. The Bertz CT molecular complexity index is 593. The summed E-state index contributed by atoms with van der Waals surface area (Å²) in [5.41, 5.74) is 8.49. The van der Waals surface area contributed by atoms with Gasteiger partial charge in [-0.1, -0.05) is 12.1 Å². The molecule has 0 radical (unpaired) electrons. The van der Waals surface area contributed by atoms with Gasteiger partial charge in [0.25, 0.3) is 0 Å². The molecule has 0 spiro atoms. The van der Waals surface area contributed by atoms with E-state index < -0.39 is 0 Å². The summed E-state index contributed by atoms with van der Waals surface area (Å²) >= 11 is 0. The monoisotopic (exact) mass is 263 g/mol. The van der Waals surface area contributed by atoms with E-state index in [2.05, 4.69) is 5.10 Å². The predicted octanol–water partition coefficient (Wildman–Crippen LogP) is 2.21. The third-order valence-electron chi connectivity index (χ3n) is 3.17. The van der Waals surface area contributed by atoms with E-state index in [-0.39, 0.29) is 12.4 Å². The van der Waals surface area contributed by atoms with E-state index in [4.69, 9.17) is 10.5 Å². The summed E-state index contributed by atoms with van der Waals surface area (Å²) in [7, 11) is 1.85. The van der Waals surface area contributed by atoms with Gasteiger partial charge in [-0.05, 0) is 25.5 Å². The van der Waals surface area contributed by atoms with Crippen LogP contribution in [0, 0.1) is 19.7 Å². The van der Waals surface area contributed by atoms with Gasteiger partial charge in [-0.15, -0.1) is 0 Å². The molecular weight excluding hydrogens is 245 g/mol. The van der Waals surface area contributed by atoms with Gasteiger partial charge in [0, 0.05) is 19.2 Å². The highest BCUT2D eigenvalue weighted by molar-refractivity contribution is 5.32. The molecule has 2 N–H and O–H groups in total. The molecule has 0 aliphatic rings. The lowest BCUT2D eigenvalue weighted by Gasteiger charge is -2.08. The summed E-state index contributed by atoms with van der Waals surface area (Å²) in [5.74, 6) is 0.423. The van der Waals surface area contributed by atoms with Crippen molar-refractivity contribution < 1.29 is 9.13 Å². The number of halogens is 1. The number of rotatable bonds is 4. The van der Waals surface area contributed by atoms with Crippen molar-refractivity contribution in [2.45, 2.75) is 27.0 Å². The fourth-order valence-corrected chi connectivity index (χ4v) is 1.95. The smallest absolute Gasteiger partial charge is 0.163 e. The first kappa shape index (κ1) is 13.5. The largest absolute Gasteiger partial charge is 0.485 e. The summed E-state index contributed by atoms with van der Waals surface area (Å²) in [6.07, 6.45) is 0. The maximum absolute atomic E-state index is 13.8. The lowest BCUT2D eigenvalue weighted by Crippen LogP contribution is -2.03. The zero-order valence-electron chi connectivity index (χ0n) is 11.4. The molecule has 2 aromatic rings. The molecule has 0 amide bonds. The lowest BCUT2D eigenvalue weighted by atomic mass is 10.1. The Morgan fingerprint density at radius 1 is 1.37 bits per heavy atom. The van der Waals surface area contributed by atoms with E-state index in [1.165, 1.54) is 6.07 Å². The number of nitrogens with zero attached hydrogens (tertiary/aromatic N) is 2. The molecule has 102 valence electrons. The van der Waals surface area contributed by atoms with Crippen LogP contribution in [0.4, 0.5) is 4.39 Å². The van der Waals surface area contributed by atoms with Crippen LogP contribution >= 0.6 is 0 Å². The zero-order valence-corrected chi connectivity index (χ0v) is 11.4. The normalized spacial score (nSPS) is 10.8. The molecule has 1 aromatic heterocycles. The van der Waals surface area contributed by atoms with Gasteiger partial charge < -0.3 is 10.5 Å². The average molecular weight is 263 g/mol. The maximum Gasteiger partial charge on any atom is 0.163 e. The molecule has 0 fully saturated rings. The molecule has 1 heterocycles. The predicted molar refractivity (Wildman–Crippen MR) is 71.3 cm³/mol. The van der Waals surface area contributed by atoms with Gasteiger partial charge in [-0.3, -0.25) is 4.68 Å². The van der Waals surface area contributed by atoms with Crippen LogP contribution in [0.3, 0.4) is 0 Å². The Hall–Kier alpha value is -1.88. The molecular formula is C14H18FN3O. The van der Waals surface area contributed by atoms with Gasteiger partial charge >= 0.3 is 0 Å². The number of aromatic nitrogens is 2. The summed E-state index contributed by atoms with van der Waals surface area (Å²) < 4.78 is 21.2. The van der Waals surface area contributed by atoms with Crippen LogP contribution in [-0.4, -0.2) is 9.78 Å². The summed E-state index contributed by atoms with van der Waals surface area (Å²) in [5, 5.41) is 4.25. The minimum atomic E-state index is -0.290. The van der Waals surface area contributed by atoms with E-state index in [9.17, 15) is 4.39 Å². The van der Waals surface area contributed by atoms with Crippen LogP contribution in [0.5, 0.6) is 5.75 Å². The van der Waals surface area contributed by atoms with Crippen LogP contribution in [0.25, 0.3) is 0 Å². The standard InChI is InChI=1S/C14H18FN3O/c1-9-14(10(2)18(3)17-9)19-8-12-5-4-11(7-16)6-13(12)15/h4-6H,7-8,16H2,1-3H3. The second-order valence-corrected chi connectivity index (χ2v) is 4.54. The van der Waals surface area contributed by atoms with Crippen LogP contribution in [0.2, 0.25) is 0 Å². The Labute approximate surface area is 112 Å². The molecule has 2 rings (SSSR count). The molecule has 0 saturated carbocycles. The van der Waals surface area contributed by atoms with Gasteiger partial charge in [0.1, 0.15) is 18.1 Å². The highest BCUT2D eigenvalue weighted by Crippen LogP contribution is 2.23. The molecule has 0 atom stereocenters. The zero-order chi connectivity index (χ0) is 14.0. The molecule has 0 saturated heterocycles. The van der Waals surface area contributed by atoms with Crippen molar-refractivity contribution >= 4 is 0 Å². The minimum absolute atomic E-state index is 0.185. The van der Waals surface area contributed by atoms with Gasteiger partial charge in [0.05, 0.1) is 5.69 Å². The van der Waals surface area contributed by atoms with Crippen LogP contribution in [-0.2, 0) is 20.2 Å². The van der Waals surface area contributed by atoms with E-state index in [0.717, 1.165) is 17.0 Å². The summed E-state index contributed by atoms with van der Waals surface area (Å²) in [4.78, 5) is 0. The van der Waals surface area contributed by atoms with Crippen LogP contribution in [0.1, 0.15) is 22.5 Å². The number of aryl methyl sites for hydroxylation is 2. The molecule has 0 aliphatic heterocycles. The first-order valence-electron chi connectivity index (χ1n) is 6.13. The van der Waals surface area contributed by atoms with Crippen molar-refractivity contribution in [1.29, 1.82) is 0 Å². The highest BCUT2D eigenvalue weighted by atomic mass is 19.1. The maximum atomic E-state index is 13.8. The van der Waals surface area contributed by atoms with Crippen molar-refractivity contribution in [3.8, 4) is 5.75 Å². The third-order valence-corrected chi connectivity index (χ3v) is 3.17. The molecule has 0 aliphatic carbocycles. The SMILES string of the molecule is Cc1nn(C)c(C)c1OCc1ccc(CN)cc1F. The number of benzene rings is 1. The van der Waals surface area contributed by atoms with Crippen LogP contribution < -0.4 is 10.5 Å². The first-order chi connectivity index (χ1) is 9.02. The Balaban J connectivity index is 2.14. The van der Waals surface area contributed by atoms with Crippen molar-refractivity contribution in [3.05, 3.63) is 46.5 Å². The number of ether oxygens (including phenoxy) is 1. The Kier molecular flexibility index (Phi) is 3.85. The molecule has 4 nitrogen and oxygen atoms in total. The second kappa shape index (κ2) is 5.40. The average Bonchev–Trinajstić information content (AvgIpc) is 2.62. The van der Waals surface area contributed by atoms with Gasteiger partial charge in [-0.2, -0.15) is 5.10 Å². The summed E-state index contributed by atoms with van der Waals surface area (Å²) in [6, 6.07) is 4.96. The minimum Gasteiger partial charge on any atom is -0.485 e. The molecule has 19 heavy (non-hydrogen) atoms. The fraction of sp³-hybridized carbons (Fsp3) is 0.357. The van der Waals surface area contributed by atoms with Crippen molar-refractivity contribution in [2.75, 3.05) is 0 Å². The van der Waals surface area contributed by atoms with Crippen molar-refractivity contribution in [3.63, 3.8) is 0 Å². The summed E-state index contributed by atoms with van der Waals surface area (Å²) in [6.45, 7) is 4.31. The number of nitrogens with two attached hydrogens (primary N) is 1. The van der Waals surface area contributed by atoms with Gasteiger partial charge in [-0.25, -0.2) is 4.39 Å². The second-order valence-electron chi connectivity index (χ2n) is 4.54.